The van der Waals surface area contributed by atoms with Crippen LogP contribution in [0.1, 0.15) is 47.2 Å². The molecule has 6 atom stereocenters. The summed E-state index contributed by atoms with van der Waals surface area (Å²) >= 11 is 12.1. The van der Waals surface area contributed by atoms with E-state index >= 15 is 0 Å². The molecule has 2 unspecified atom stereocenters. The minimum atomic E-state index is -5.11. The number of rotatable bonds is 20. The Kier molecular flexibility index (Phi) is 21.4. The number of fused-ring (bicyclic) bond motifs is 2. The number of carbonyl (C=O) groups is 4. The number of alkyl halides is 6. The van der Waals surface area contributed by atoms with Gasteiger partial charge in [0.25, 0.3) is 11.8 Å². The average Bonchev–Trinajstić information content (AvgIpc) is 2.02. The molecule has 4 aliphatic rings. The summed E-state index contributed by atoms with van der Waals surface area (Å²) in [5, 5.41) is 16.4. The molecule has 458 valence electrons. The van der Waals surface area contributed by atoms with Crippen molar-refractivity contribution in [2.75, 3.05) is 68.1 Å². The molecule has 6 aromatic carbocycles. The number of carboxylic acid groups (broad SMARTS) is 1. The number of methoxy groups -OCH3 is 3. The fourth-order valence-electron chi connectivity index (χ4n) is 9.90. The Morgan fingerprint density at radius 2 is 0.966 bits per heavy atom. The van der Waals surface area contributed by atoms with Gasteiger partial charge in [-0.3, -0.25) is 19.2 Å². The number of anilines is 4. The molecule has 2 aliphatic heterocycles. The van der Waals surface area contributed by atoms with E-state index < -0.39 is 71.6 Å². The maximum atomic E-state index is 14.4. The first-order chi connectivity index (χ1) is 40.4. The van der Waals surface area contributed by atoms with Crippen LogP contribution in [0.5, 0.6) is 34.5 Å². The Balaban J connectivity index is 0.000000243. The van der Waals surface area contributed by atoms with Gasteiger partial charge in [-0.1, -0.05) is 47.5 Å². The largest absolute Gasteiger partial charge is 1.00 e. The van der Waals surface area contributed by atoms with E-state index in [0.717, 1.165) is 24.3 Å². The van der Waals surface area contributed by atoms with Gasteiger partial charge in [0, 0.05) is 94.9 Å². The van der Waals surface area contributed by atoms with Gasteiger partial charge in [0.15, 0.2) is 23.1 Å². The Labute approximate surface area is 514 Å². The predicted molar refractivity (Wildman–Crippen MR) is 296 cm³/mol. The molecule has 0 spiro atoms. The Hall–Kier alpha value is -7.82. The number of nitrogens with zero attached hydrogens (tertiary/aromatic N) is 2. The molecule has 2 aliphatic carbocycles. The molecule has 2 amide bonds. The molecule has 17 nitrogen and oxygen atoms in total. The van der Waals surface area contributed by atoms with Gasteiger partial charge in [-0.25, -0.2) is 8.78 Å². The van der Waals surface area contributed by atoms with Gasteiger partial charge in [-0.05, 0) is 84.3 Å². The van der Waals surface area contributed by atoms with E-state index in [4.69, 9.17) is 52.0 Å². The first kappa shape index (κ1) is 66.7. The van der Waals surface area contributed by atoms with Gasteiger partial charge in [-0.2, -0.15) is 0 Å². The summed E-state index contributed by atoms with van der Waals surface area (Å²) in [7, 11) is 4.26. The van der Waals surface area contributed by atoms with E-state index in [1.165, 1.54) is 31.1 Å². The van der Waals surface area contributed by atoms with Crippen molar-refractivity contribution < 1.29 is 117 Å². The van der Waals surface area contributed by atoms with Crippen LogP contribution in [-0.4, -0.2) is 94.7 Å². The Morgan fingerprint density at radius 3 is 1.32 bits per heavy atom. The first-order valence-electron chi connectivity index (χ1n) is 26.1. The van der Waals surface area contributed by atoms with E-state index in [2.05, 4.69) is 20.1 Å². The molecule has 4 N–H and O–H groups in total. The number of benzene rings is 6. The molecule has 2 saturated carbocycles. The van der Waals surface area contributed by atoms with E-state index in [0.29, 0.717) is 79.5 Å². The number of nitrogens with one attached hydrogen (secondary N) is 2. The monoisotopic (exact) mass is 1250 g/mol. The van der Waals surface area contributed by atoms with Crippen molar-refractivity contribution in [1.82, 2.24) is 0 Å². The minimum Gasteiger partial charge on any atom is -0.870 e. The fraction of sp³-hybridized carbons (Fsp3) is 0.322. The number of hydrogen-bond donors (Lipinski definition) is 3. The van der Waals surface area contributed by atoms with Crippen LogP contribution in [0.25, 0.3) is 0 Å². The van der Waals surface area contributed by atoms with Crippen LogP contribution in [0.4, 0.5) is 57.9 Å². The number of aliphatic carboxylic acids is 1. The molecule has 0 saturated heterocycles. The quantitative estimate of drug-likeness (QED) is 0.0369. The number of carboxylic acids is 1. The van der Waals surface area contributed by atoms with Crippen molar-refractivity contribution in [3.63, 3.8) is 0 Å². The molecular weight excluding hydrogens is 1200 g/mol. The SMILES string of the molecule is COC(=O)[C@@H]1C[C@H]1COc1cc(NC(C(=O)N2CCc3cc(F)c(OC(F)(F)F)cc32)c2ccc(Cl)cc2)cc(OC)c1.COc1cc(NC(C(=O)N2CCc3cc(F)c(OC(F)(F)F)cc32)c2ccc(Cl)cc2)cc(OC[C@@H]2C[C@H]2C(=O)O)c1.[Li+].[OH-]. The Morgan fingerprint density at radius 1 is 0.586 bits per heavy atom. The molecule has 2 heterocycles. The number of ether oxygens (including phenoxy) is 7. The molecule has 10 rings (SSSR count). The molecule has 6 aromatic rings. The van der Waals surface area contributed by atoms with Crippen molar-refractivity contribution in [3.05, 3.63) is 153 Å². The Bertz CT molecular complexity index is 3480. The topological polar surface area (TPSA) is 214 Å². The van der Waals surface area contributed by atoms with Crippen LogP contribution in [0.15, 0.2) is 109 Å². The van der Waals surface area contributed by atoms with Crippen molar-refractivity contribution >= 4 is 69.7 Å². The van der Waals surface area contributed by atoms with Crippen LogP contribution in [-0.2, 0) is 36.8 Å². The number of esters is 1. The summed E-state index contributed by atoms with van der Waals surface area (Å²) in [4.78, 5) is 53.5. The number of carbonyl (C=O) groups excluding carboxylic acids is 3. The second kappa shape index (κ2) is 27.9. The third-order valence-corrected chi connectivity index (χ3v) is 14.9. The predicted octanol–water partition coefficient (Wildman–Crippen LogP) is 9.37. The van der Waals surface area contributed by atoms with Crippen molar-refractivity contribution in [2.24, 2.45) is 23.7 Å². The average molecular weight is 1260 g/mol. The van der Waals surface area contributed by atoms with Crippen LogP contribution in [0.2, 0.25) is 10.0 Å². The van der Waals surface area contributed by atoms with Gasteiger partial charge in [0.1, 0.15) is 35.1 Å². The van der Waals surface area contributed by atoms with Gasteiger partial charge < -0.3 is 64.2 Å². The fourth-order valence-corrected chi connectivity index (χ4v) is 10.1. The van der Waals surface area contributed by atoms with E-state index in [9.17, 15) is 54.3 Å². The standard InChI is InChI=1S/C30H27ClF4N2O6.C29H25ClF4N2O6.Li.H2O/c1-40-21-11-20(12-22(13-21)42-15-18-9-23(18)29(39)41-2)36-27(16-3-5-19(31)6-4-16)28(38)37-8-7-17-10-24(32)26(14-25(17)37)43-30(33,34)35;1-40-20-10-19(11-21(12-20)41-14-17-8-22(17)28(38)39)35-26(15-2-4-18(30)5-3-15)27(37)36-7-6-16-9-23(31)25(13-24(16)36)42-29(32,33)34;;/h3-6,10-14,18,23,27,36H,7-9,15H2,1-2H3;2-5,9-13,17,22,26,35H,6-8,14H2,1H3,(H,38,39);;1H2/q;;+1;/p-1/t18-,23+,27?;17-,22+,26?;;/m00../s1. The molecule has 0 aromatic heterocycles. The van der Waals surface area contributed by atoms with Crippen LogP contribution >= 0.6 is 23.2 Å². The summed E-state index contributed by atoms with van der Waals surface area (Å²) in [6, 6.07) is 24.4. The third-order valence-electron chi connectivity index (χ3n) is 14.4. The second-order valence-electron chi connectivity index (χ2n) is 20.1. The maximum Gasteiger partial charge on any atom is 1.00 e. The van der Waals surface area contributed by atoms with Crippen LogP contribution in [0.3, 0.4) is 0 Å². The summed E-state index contributed by atoms with van der Waals surface area (Å²) in [5.41, 5.74) is 2.84. The first-order valence-corrected chi connectivity index (χ1v) is 26.9. The van der Waals surface area contributed by atoms with E-state index in [-0.39, 0.29) is 98.6 Å². The van der Waals surface area contributed by atoms with Gasteiger partial charge in [0.05, 0.1) is 57.8 Å². The van der Waals surface area contributed by atoms with Crippen LogP contribution < -0.4 is 67.7 Å². The minimum absolute atomic E-state index is 0. The van der Waals surface area contributed by atoms with Gasteiger partial charge in [0.2, 0.25) is 0 Å². The zero-order valence-corrected chi connectivity index (χ0v) is 48.1. The van der Waals surface area contributed by atoms with Gasteiger partial charge in [-0.15, -0.1) is 26.3 Å². The summed E-state index contributed by atoms with van der Waals surface area (Å²) in [5.74, 6) is -5.71. The molecule has 0 bridgehead atoms. The molecule has 87 heavy (non-hydrogen) atoms. The van der Waals surface area contributed by atoms with Crippen molar-refractivity contribution in [2.45, 2.75) is 50.5 Å². The maximum absolute atomic E-state index is 14.4. The van der Waals surface area contributed by atoms with Crippen molar-refractivity contribution in [3.8, 4) is 34.5 Å². The molecular formula is C59H53Cl2F8LiN4O13. The molecule has 0 radical (unpaired) electrons. The summed E-state index contributed by atoms with van der Waals surface area (Å²) in [6.07, 6.45) is -8.58. The van der Waals surface area contributed by atoms with Crippen molar-refractivity contribution in [1.29, 1.82) is 0 Å². The van der Waals surface area contributed by atoms with Gasteiger partial charge >= 0.3 is 43.5 Å². The third kappa shape index (κ3) is 16.8. The molecule has 2 fully saturated rings. The number of hydrogen-bond acceptors (Lipinski definition) is 14. The smallest absolute Gasteiger partial charge is 0.870 e. The summed E-state index contributed by atoms with van der Waals surface area (Å²) < 4.78 is 141. The zero-order chi connectivity index (χ0) is 61.1. The van der Waals surface area contributed by atoms with E-state index in [1.807, 2.05) is 0 Å². The van der Waals surface area contributed by atoms with Crippen LogP contribution in [0, 0.1) is 35.3 Å². The van der Waals surface area contributed by atoms with E-state index in [1.54, 1.807) is 84.9 Å². The molecule has 28 heteroatoms. The zero-order valence-electron chi connectivity index (χ0n) is 46.6. The normalized spacial score (nSPS) is 17.7. The summed E-state index contributed by atoms with van der Waals surface area (Å²) in [6.45, 7) is 0.680. The number of halogens is 10. The second-order valence-corrected chi connectivity index (χ2v) is 21.0. The number of amides is 2.